The van der Waals surface area contributed by atoms with Gasteiger partial charge >= 0.3 is 12.1 Å². The fourth-order valence-corrected chi connectivity index (χ4v) is 2.36. The van der Waals surface area contributed by atoms with Crippen molar-refractivity contribution in [1.29, 1.82) is 0 Å². The molecule has 0 unspecified atom stereocenters. The molecule has 2 rings (SSSR count). The van der Waals surface area contributed by atoms with E-state index in [9.17, 15) is 14.4 Å². The molecule has 0 N–H and O–H groups in total. The van der Waals surface area contributed by atoms with Crippen LogP contribution in [0.25, 0.3) is 0 Å². The number of nitrogens with zero attached hydrogens (tertiary/aromatic N) is 2. The molecule has 0 saturated carbocycles. The van der Waals surface area contributed by atoms with Crippen LogP contribution in [-0.2, 0) is 22.4 Å². The number of urea groups is 1. The number of benzene rings is 1. The maximum atomic E-state index is 11.6. The molecule has 0 saturated heterocycles. The molecule has 0 spiro atoms. The molecule has 0 aromatic heterocycles. The van der Waals surface area contributed by atoms with Crippen LogP contribution in [-0.4, -0.2) is 47.5 Å². The summed E-state index contributed by atoms with van der Waals surface area (Å²) in [5.74, 6) is -0.673. The normalized spacial score (nSPS) is 12.4. The summed E-state index contributed by atoms with van der Waals surface area (Å²) in [6.07, 6.45) is 3.00. The first-order valence-corrected chi connectivity index (χ1v) is 8.34. The van der Waals surface area contributed by atoms with Gasteiger partial charge < -0.3 is 9.64 Å². The molecule has 6 heteroatoms. The lowest BCUT2D eigenvalue weighted by molar-refractivity contribution is -0.125. The molecule has 0 radical (unpaired) electrons. The zero-order chi connectivity index (χ0) is 19.2. The SMILES string of the molecule is CC(=O)N(C(=O)OC(C)(C)C)C(=O)N(C)C.c1ccc2c(c1)CCC2. The Labute approximate surface area is 149 Å². The van der Waals surface area contributed by atoms with E-state index in [0.29, 0.717) is 4.90 Å². The summed E-state index contributed by atoms with van der Waals surface area (Å²) in [4.78, 5) is 35.9. The average Bonchev–Trinajstić information content (AvgIpc) is 2.93. The maximum absolute atomic E-state index is 11.6. The minimum atomic E-state index is -0.960. The highest BCUT2D eigenvalue weighted by Crippen LogP contribution is 2.20. The maximum Gasteiger partial charge on any atom is 0.425 e. The average molecular weight is 348 g/mol. The summed E-state index contributed by atoms with van der Waals surface area (Å²) in [7, 11) is 2.89. The molecule has 4 amide bonds. The smallest absolute Gasteiger partial charge is 0.425 e. The molecule has 138 valence electrons. The number of carbonyl (C=O) groups is 3. The summed E-state index contributed by atoms with van der Waals surface area (Å²) in [6.45, 7) is 6.10. The van der Waals surface area contributed by atoms with Crippen molar-refractivity contribution in [1.82, 2.24) is 9.80 Å². The fraction of sp³-hybridized carbons (Fsp3) is 0.526. The Morgan fingerprint density at radius 2 is 1.48 bits per heavy atom. The van der Waals surface area contributed by atoms with Crippen molar-refractivity contribution in [2.45, 2.75) is 52.6 Å². The Hall–Kier alpha value is -2.37. The predicted octanol–water partition coefficient (Wildman–Crippen LogP) is 3.63. The van der Waals surface area contributed by atoms with Crippen LogP contribution >= 0.6 is 0 Å². The van der Waals surface area contributed by atoms with Gasteiger partial charge in [0.2, 0.25) is 5.91 Å². The van der Waals surface area contributed by atoms with Crippen molar-refractivity contribution < 1.29 is 19.1 Å². The molecule has 6 nitrogen and oxygen atoms in total. The van der Waals surface area contributed by atoms with Crippen molar-refractivity contribution >= 4 is 18.0 Å². The number of ether oxygens (including phenoxy) is 1. The van der Waals surface area contributed by atoms with Crippen LogP contribution in [0.4, 0.5) is 9.59 Å². The molecular formula is C19H28N2O4. The monoisotopic (exact) mass is 348 g/mol. The number of carbonyl (C=O) groups excluding carboxylic acids is 3. The van der Waals surface area contributed by atoms with Gasteiger partial charge in [-0.1, -0.05) is 24.3 Å². The second kappa shape index (κ2) is 8.65. The van der Waals surface area contributed by atoms with Gasteiger partial charge in [-0.3, -0.25) is 4.79 Å². The fourth-order valence-electron chi connectivity index (χ4n) is 2.36. The zero-order valence-corrected chi connectivity index (χ0v) is 16.0. The van der Waals surface area contributed by atoms with Crippen molar-refractivity contribution in [3.8, 4) is 0 Å². The molecule has 0 aliphatic heterocycles. The molecule has 25 heavy (non-hydrogen) atoms. The van der Waals surface area contributed by atoms with Gasteiger partial charge in [0, 0.05) is 21.0 Å². The van der Waals surface area contributed by atoms with E-state index in [1.807, 2.05) is 0 Å². The van der Waals surface area contributed by atoms with Crippen LogP contribution in [0.5, 0.6) is 0 Å². The third kappa shape index (κ3) is 6.57. The highest BCUT2D eigenvalue weighted by atomic mass is 16.6. The minimum absolute atomic E-state index is 0.464. The van der Waals surface area contributed by atoms with E-state index in [2.05, 4.69) is 24.3 Å². The molecular weight excluding hydrogens is 320 g/mol. The first-order valence-electron chi connectivity index (χ1n) is 8.34. The van der Waals surface area contributed by atoms with Gasteiger partial charge in [0.1, 0.15) is 5.60 Å². The molecule has 0 heterocycles. The Morgan fingerprint density at radius 3 is 1.84 bits per heavy atom. The number of hydrogen-bond acceptors (Lipinski definition) is 4. The van der Waals surface area contributed by atoms with Crippen LogP contribution in [0.2, 0.25) is 0 Å². The summed E-state index contributed by atoms with van der Waals surface area (Å²) >= 11 is 0. The van der Waals surface area contributed by atoms with Crippen LogP contribution in [0, 0.1) is 0 Å². The molecule has 0 fully saturated rings. The number of imide groups is 3. The van der Waals surface area contributed by atoms with E-state index in [1.54, 1.807) is 31.9 Å². The third-order valence-corrected chi connectivity index (χ3v) is 3.48. The van der Waals surface area contributed by atoms with E-state index in [0.717, 1.165) is 11.8 Å². The van der Waals surface area contributed by atoms with Gasteiger partial charge in [0.05, 0.1) is 0 Å². The minimum Gasteiger partial charge on any atom is -0.443 e. The number of hydrogen-bond donors (Lipinski definition) is 0. The molecule has 1 aromatic carbocycles. The highest BCUT2D eigenvalue weighted by molar-refractivity contribution is 6.07. The number of fused-ring (bicyclic) bond motifs is 1. The third-order valence-electron chi connectivity index (χ3n) is 3.48. The van der Waals surface area contributed by atoms with Gasteiger partial charge in [-0.15, -0.1) is 0 Å². The number of amides is 4. The summed E-state index contributed by atoms with van der Waals surface area (Å²) in [6, 6.07) is 8.01. The predicted molar refractivity (Wildman–Crippen MR) is 96.3 cm³/mol. The van der Waals surface area contributed by atoms with Gasteiger partial charge in [0.25, 0.3) is 0 Å². The van der Waals surface area contributed by atoms with Gasteiger partial charge in [0.15, 0.2) is 0 Å². The van der Waals surface area contributed by atoms with Gasteiger partial charge in [-0.25, -0.2) is 9.59 Å². The Bertz CT molecular complexity index is 610. The molecule has 1 aliphatic rings. The van der Waals surface area contributed by atoms with Crippen molar-refractivity contribution in [2.75, 3.05) is 14.1 Å². The summed E-state index contributed by atoms with van der Waals surface area (Å²) in [5.41, 5.74) is 2.38. The van der Waals surface area contributed by atoms with E-state index in [-0.39, 0.29) is 0 Å². The molecule has 1 aromatic rings. The van der Waals surface area contributed by atoms with E-state index < -0.39 is 23.6 Å². The molecule has 1 aliphatic carbocycles. The first-order chi connectivity index (χ1) is 11.5. The molecule has 0 atom stereocenters. The van der Waals surface area contributed by atoms with Crippen LogP contribution in [0.1, 0.15) is 45.2 Å². The van der Waals surface area contributed by atoms with Crippen molar-refractivity contribution in [3.63, 3.8) is 0 Å². The standard InChI is InChI=1S/C10H18N2O4.C9H10/c1-7(13)12(8(14)11(5)6)9(15)16-10(2,3)4;1-2-5-9-7-3-6-8(9)4-1/h1-6H3;1-2,4-5H,3,6-7H2. The lowest BCUT2D eigenvalue weighted by Gasteiger charge is -2.25. The number of aryl methyl sites for hydroxylation is 2. The number of rotatable bonds is 0. The highest BCUT2D eigenvalue weighted by Gasteiger charge is 2.31. The van der Waals surface area contributed by atoms with Crippen molar-refractivity contribution in [3.05, 3.63) is 35.4 Å². The summed E-state index contributed by atoms with van der Waals surface area (Å²) in [5, 5.41) is 0. The Balaban J connectivity index is 0.000000286. The van der Waals surface area contributed by atoms with Crippen LogP contribution in [0.15, 0.2) is 24.3 Å². The zero-order valence-electron chi connectivity index (χ0n) is 16.0. The van der Waals surface area contributed by atoms with Gasteiger partial charge in [-0.2, -0.15) is 4.90 Å². The van der Waals surface area contributed by atoms with Crippen molar-refractivity contribution in [2.24, 2.45) is 0 Å². The second-order valence-electron chi connectivity index (χ2n) is 7.13. The summed E-state index contributed by atoms with van der Waals surface area (Å²) < 4.78 is 4.95. The first kappa shape index (κ1) is 20.7. The van der Waals surface area contributed by atoms with Crippen LogP contribution < -0.4 is 0 Å². The Morgan fingerprint density at radius 1 is 1.00 bits per heavy atom. The Kier molecular flexibility index (Phi) is 7.15. The topological polar surface area (TPSA) is 66.9 Å². The lowest BCUT2D eigenvalue weighted by Crippen LogP contribution is -2.47. The van der Waals surface area contributed by atoms with E-state index >= 15 is 0 Å². The molecule has 0 bridgehead atoms. The van der Waals surface area contributed by atoms with E-state index in [1.165, 1.54) is 33.4 Å². The lowest BCUT2D eigenvalue weighted by atomic mass is 10.1. The van der Waals surface area contributed by atoms with E-state index in [4.69, 9.17) is 4.74 Å². The van der Waals surface area contributed by atoms with Gasteiger partial charge in [-0.05, 0) is 51.2 Å². The second-order valence-corrected chi connectivity index (χ2v) is 7.13. The largest absolute Gasteiger partial charge is 0.443 e. The van der Waals surface area contributed by atoms with Crippen LogP contribution in [0.3, 0.4) is 0 Å². The quantitative estimate of drug-likeness (QED) is 0.718.